The van der Waals surface area contributed by atoms with Crippen LogP contribution in [-0.2, 0) is 4.79 Å². The fourth-order valence-corrected chi connectivity index (χ4v) is 2.67. The van der Waals surface area contributed by atoms with Crippen molar-refractivity contribution in [3.05, 3.63) is 65.3 Å². The number of halogens is 1. The molecule has 3 aromatic rings. The second kappa shape index (κ2) is 8.36. The maximum absolute atomic E-state index is 12.4. The second-order valence-corrected chi connectivity index (χ2v) is 6.10. The number of carbonyl (C=O) groups is 2. The maximum Gasteiger partial charge on any atom is 0.330 e. The smallest absolute Gasteiger partial charge is 0.330 e. The summed E-state index contributed by atoms with van der Waals surface area (Å²) in [5.41, 5.74) is 11.1. The summed E-state index contributed by atoms with van der Waals surface area (Å²) in [6.45, 7) is -0.291. The number of aromatic nitrogens is 1. The Kier molecular flexibility index (Phi) is 5.71. The SMILES string of the molecule is NC(N)=Nc1ncc(Cl)c2ccc(C(=O)NCC(=O)Oc3ccccc3)cc12. The highest BCUT2D eigenvalue weighted by Gasteiger charge is 2.13. The van der Waals surface area contributed by atoms with Crippen LogP contribution in [0.4, 0.5) is 5.82 Å². The monoisotopic (exact) mass is 397 g/mol. The molecule has 0 atom stereocenters. The van der Waals surface area contributed by atoms with Gasteiger partial charge in [0.05, 0.1) is 5.02 Å². The normalized spacial score (nSPS) is 10.3. The van der Waals surface area contributed by atoms with E-state index in [0.717, 1.165) is 0 Å². The fourth-order valence-electron chi connectivity index (χ4n) is 2.46. The van der Waals surface area contributed by atoms with E-state index in [1.807, 2.05) is 0 Å². The number of hydrogen-bond acceptors (Lipinski definition) is 5. The van der Waals surface area contributed by atoms with Crippen molar-refractivity contribution in [1.29, 1.82) is 0 Å². The summed E-state index contributed by atoms with van der Waals surface area (Å²) in [5, 5.41) is 4.03. The van der Waals surface area contributed by atoms with Gasteiger partial charge >= 0.3 is 5.97 Å². The van der Waals surface area contributed by atoms with E-state index in [1.165, 1.54) is 6.20 Å². The number of benzene rings is 2. The van der Waals surface area contributed by atoms with Crippen molar-refractivity contribution >= 4 is 46.0 Å². The number of amides is 1. The van der Waals surface area contributed by atoms with Gasteiger partial charge in [0, 0.05) is 22.5 Å². The molecule has 0 radical (unpaired) electrons. The summed E-state index contributed by atoms with van der Waals surface area (Å²) in [5.74, 6) is -0.601. The number of pyridine rings is 1. The number of hydrogen-bond donors (Lipinski definition) is 3. The molecular weight excluding hydrogens is 382 g/mol. The van der Waals surface area contributed by atoms with Crippen LogP contribution in [-0.4, -0.2) is 29.4 Å². The van der Waals surface area contributed by atoms with Gasteiger partial charge in [-0.1, -0.05) is 35.9 Å². The van der Waals surface area contributed by atoms with Crippen LogP contribution >= 0.6 is 11.6 Å². The molecule has 142 valence electrons. The van der Waals surface area contributed by atoms with Gasteiger partial charge in [0.25, 0.3) is 5.91 Å². The van der Waals surface area contributed by atoms with E-state index in [4.69, 9.17) is 27.8 Å². The summed E-state index contributed by atoms with van der Waals surface area (Å²) < 4.78 is 5.12. The topological polar surface area (TPSA) is 133 Å². The average molecular weight is 398 g/mol. The highest BCUT2D eigenvalue weighted by atomic mass is 35.5. The molecule has 0 spiro atoms. The Hall–Kier alpha value is -3.65. The minimum absolute atomic E-state index is 0.172. The molecule has 0 saturated carbocycles. The number of esters is 1. The Labute approximate surface area is 165 Å². The van der Waals surface area contributed by atoms with E-state index in [-0.39, 0.29) is 23.9 Å². The van der Waals surface area contributed by atoms with E-state index in [2.05, 4.69) is 15.3 Å². The van der Waals surface area contributed by atoms with Gasteiger partial charge in [-0.3, -0.25) is 4.79 Å². The molecule has 28 heavy (non-hydrogen) atoms. The standard InChI is InChI=1S/C19H16ClN5O3/c20-15-9-23-17(25-19(21)22)14-8-11(6-7-13(14)15)18(27)24-10-16(26)28-12-4-2-1-3-5-12/h1-9H,10H2,(H,24,27)(H4,21,22,23,25). The molecule has 8 nitrogen and oxygen atoms in total. The van der Waals surface area contributed by atoms with Crippen molar-refractivity contribution in [2.45, 2.75) is 0 Å². The van der Waals surface area contributed by atoms with Gasteiger partial charge in [-0.25, -0.2) is 9.78 Å². The lowest BCUT2D eigenvalue weighted by atomic mass is 10.1. The van der Waals surface area contributed by atoms with Crippen molar-refractivity contribution in [2.24, 2.45) is 16.5 Å². The molecule has 0 saturated heterocycles. The third-order valence-corrected chi connectivity index (χ3v) is 3.98. The van der Waals surface area contributed by atoms with E-state index < -0.39 is 11.9 Å². The average Bonchev–Trinajstić information content (AvgIpc) is 2.68. The van der Waals surface area contributed by atoms with Crippen molar-refractivity contribution < 1.29 is 14.3 Å². The van der Waals surface area contributed by atoms with E-state index in [9.17, 15) is 9.59 Å². The van der Waals surface area contributed by atoms with Crippen molar-refractivity contribution in [3.8, 4) is 5.75 Å². The number of fused-ring (bicyclic) bond motifs is 1. The molecule has 1 heterocycles. The molecule has 0 unspecified atom stereocenters. The summed E-state index contributed by atoms with van der Waals surface area (Å²) in [4.78, 5) is 32.3. The minimum Gasteiger partial charge on any atom is -0.425 e. The first-order valence-corrected chi connectivity index (χ1v) is 8.53. The maximum atomic E-state index is 12.4. The number of nitrogens with one attached hydrogen (secondary N) is 1. The minimum atomic E-state index is -0.591. The van der Waals surface area contributed by atoms with E-state index in [1.54, 1.807) is 48.5 Å². The van der Waals surface area contributed by atoms with Gasteiger partial charge in [0.1, 0.15) is 12.3 Å². The molecule has 0 bridgehead atoms. The summed E-state index contributed by atoms with van der Waals surface area (Å²) >= 11 is 6.14. The van der Waals surface area contributed by atoms with Gasteiger partial charge in [-0.2, -0.15) is 4.99 Å². The largest absolute Gasteiger partial charge is 0.425 e. The van der Waals surface area contributed by atoms with Gasteiger partial charge in [-0.05, 0) is 24.3 Å². The molecule has 1 aromatic heterocycles. The lowest BCUT2D eigenvalue weighted by molar-refractivity contribution is -0.133. The van der Waals surface area contributed by atoms with Crippen LogP contribution in [0.15, 0.2) is 59.7 Å². The predicted octanol–water partition coefficient (Wildman–Crippen LogP) is 2.13. The zero-order chi connectivity index (χ0) is 20.1. The number of para-hydroxylation sites is 1. The fraction of sp³-hybridized carbons (Fsp3) is 0.0526. The number of ether oxygens (including phenoxy) is 1. The molecule has 0 aliphatic heterocycles. The lowest BCUT2D eigenvalue weighted by Crippen LogP contribution is -2.31. The summed E-state index contributed by atoms with van der Waals surface area (Å²) in [6, 6.07) is 13.3. The molecule has 0 fully saturated rings. The van der Waals surface area contributed by atoms with Gasteiger partial charge in [0.15, 0.2) is 11.8 Å². The Morgan fingerprint density at radius 2 is 1.86 bits per heavy atom. The predicted molar refractivity (Wildman–Crippen MR) is 107 cm³/mol. The molecule has 2 aromatic carbocycles. The zero-order valence-electron chi connectivity index (χ0n) is 14.6. The van der Waals surface area contributed by atoms with Crippen molar-refractivity contribution in [1.82, 2.24) is 10.3 Å². The number of guanidine groups is 1. The van der Waals surface area contributed by atoms with Crippen LogP contribution < -0.4 is 21.5 Å². The number of rotatable bonds is 5. The Bertz CT molecular complexity index is 1070. The highest BCUT2D eigenvalue weighted by molar-refractivity contribution is 6.35. The number of nitrogens with zero attached hydrogens (tertiary/aromatic N) is 2. The first-order chi connectivity index (χ1) is 13.4. The lowest BCUT2D eigenvalue weighted by Gasteiger charge is -2.08. The number of carbonyl (C=O) groups excluding carboxylic acids is 2. The second-order valence-electron chi connectivity index (χ2n) is 5.70. The van der Waals surface area contributed by atoms with Crippen molar-refractivity contribution in [3.63, 3.8) is 0 Å². The summed E-state index contributed by atoms with van der Waals surface area (Å²) in [7, 11) is 0. The molecule has 9 heteroatoms. The quantitative estimate of drug-likeness (QED) is 0.261. The first-order valence-electron chi connectivity index (χ1n) is 8.16. The highest BCUT2D eigenvalue weighted by Crippen LogP contribution is 2.30. The Morgan fingerprint density at radius 3 is 2.57 bits per heavy atom. The van der Waals surface area contributed by atoms with Crippen LogP contribution in [0.5, 0.6) is 5.75 Å². The van der Waals surface area contributed by atoms with E-state index >= 15 is 0 Å². The molecule has 1 amide bonds. The summed E-state index contributed by atoms with van der Waals surface area (Å²) in [6.07, 6.45) is 1.42. The van der Waals surface area contributed by atoms with Crippen molar-refractivity contribution in [2.75, 3.05) is 6.54 Å². The third kappa shape index (κ3) is 4.54. The Balaban J connectivity index is 1.76. The van der Waals surface area contributed by atoms with Crippen LogP contribution in [0.1, 0.15) is 10.4 Å². The molecule has 0 aliphatic carbocycles. The van der Waals surface area contributed by atoms with Crippen LogP contribution in [0.2, 0.25) is 5.02 Å². The zero-order valence-corrected chi connectivity index (χ0v) is 15.3. The molecule has 5 N–H and O–H groups in total. The molecule has 0 aliphatic rings. The van der Waals surface area contributed by atoms with Crippen LogP contribution in [0.25, 0.3) is 10.8 Å². The van der Waals surface area contributed by atoms with Gasteiger partial charge in [-0.15, -0.1) is 0 Å². The molecular formula is C19H16ClN5O3. The van der Waals surface area contributed by atoms with Crippen LogP contribution in [0, 0.1) is 0 Å². The Morgan fingerprint density at radius 1 is 1.11 bits per heavy atom. The van der Waals surface area contributed by atoms with E-state index in [0.29, 0.717) is 21.5 Å². The van der Waals surface area contributed by atoms with Gasteiger partial charge < -0.3 is 21.5 Å². The third-order valence-electron chi connectivity index (χ3n) is 3.68. The number of nitrogens with two attached hydrogens (primary N) is 2. The number of aliphatic imine (C=N–C) groups is 1. The van der Waals surface area contributed by atoms with Crippen LogP contribution in [0.3, 0.4) is 0 Å². The molecule has 3 rings (SSSR count). The van der Waals surface area contributed by atoms with Gasteiger partial charge in [0.2, 0.25) is 0 Å². The first kappa shape index (κ1) is 19.1.